The smallest absolute Gasteiger partial charge is 0.253 e. The van der Waals surface area contributed by atoms with Gasteiger partial charge >= 0.3 is 0 Å². The Kier molecular flexibility index (Phi) is 4.97. The summed E-state index contributed by atoms with van der Waals surface area (Å²) in [5, 5.41) is 0. The Hall–Kier alpha value is -0.690. The molecule has 1 heterocycles. The predicted octanol–water partition coefficient (Wildman–Crippen LogP) is -1.29. The van der Waals surface area contributed by atoms with E-state index in [2.05, 4.69) is 5.43 Å². The number of nitrogens with zero attached hydrogens (tertiary/aromatic N) is 1. The maximum absolute atomic E-state index is 11.5. The van der Waals surface area contributed by atoms with E-state index in [-0.39, 0.29) is 18.0 Å². The molecular formula is C9H19N3O3. The number of hydrogen-bond acceptors (Lipinski definition) is 5. The van der Waals surface area contributed by atoms with Gasteiger partial charge in [-0.25, -0.2) is 5.84 Å². The lowest BCUT2D eigenvalue weighted by molar-refractivity contribution is -0.128. The van der Waals surface area contributed by atoms with Gasteiger partial charge in [-0.3, -0.25) is 15.1 Å². The standard InChI is InChI=1S/C9H19N3O3/c1-12(7-3-4-15-5-7)8(6-14-2)9(13)11-10/h7-8H,3-6,10H2,1-2H3,(H,11,13). The van der Waals surface area contributed by atoms with Crippen LogP contribution >= 0.6 is 0 Å². The number of methoxy groups -OCH3 is 1. The monoisotopic (exact) mass is 217 g/mol. The minimum absolute atomic E-state index is 0.230. The summed E-state index contributed by atoms with van der Waals surface area (Å²) in [5.41, 5.74) is 2.15. The van der Waals surface area contributed by atoms with Crippen LogP contribution in [-0.4, -0.2) is 56.9 Å². The van der Waals surface area contributed by atoms with E-state index in [9.17, 15) is 4.79 Å². The molecule has 88 valence electrons. The normalized spacial score (nSPS) is 23.1. The molecule has 0 aliphatic carbocycles. The average Bonchev–Trinajstić information content (AvgIpc) is 2.77. The van der Waals surface area contributed by atoms with Crippen LogP contribution < -0.4 is 11.3 Å². The molecule has 1 aliphatic rings. The van der Waals surface area contributed by atoms with Crippen molar-refractivity contribution in [2.45, 2.75) is 18.5 Å². The van der Waals surface area contributed by atoms with Gasteiger partial charge in [0.25, 0.3) is 5.91 Å². The lowest BCUT2D eigenvalue weighted by Crippen LogP contribution is -2.53. The van der Waals surface area contributed by atoms with Crippen LogP contribution in [0, 0.1) is 0 Å². The largest absolute Gasteiger partial charge is 0.383 e. The van der Waals surface area contributed by atoms with Gasteiger partial charge in [-0.05, 0) is 13.5 Å². The molecule has 0 bridgehead atoms. The summed E-state index contributed by atoms with van der Waals surface area (Å²) >= 11 is 0. The molecule has 0 spiro atoms. The molecule has 6 heteroatoms. The summed E-state index contributed by atoms with van der Waals surface area (Å²) < 4.78 is 10.3. The first kappa shape index (κ1) is 12.4. The molecule has 0 aromatic heterocycles. The van der Waals surface area contributed by atoms with Gasteiger partial charge in [0.2, 0.25) is 0 Å². The molecule has 2 atom stereocenters. The maximum atomic E-state index is 11.5. The fraction of sp³-hybridized carbons (Fsp3) is 0.889. The Bertz CT molecular complexity index is 207. The SMILES string of the molecule is COCC(C(=O)NN)N(C)C1CCOC1. The topological polar surface area (TPSA) is 76.8 Å². The molecule has 15 heavy (non-hydrogen) atoms. The summed E-state index contributed by atoms with van der Waals surface area (Å²) in [5.74, 6) is 4.90. The van der Waals surface area contributed by atoms with E-state index in [0.29, 0.717) is 13.2 Å². The number of hydrogen-bond donors (Lipinski definition) is 2. The lowest BCUT2D eigenvalue weighted by atomic mass is 10.1. The van der Waals surface area contributed by atoms with Gasteiger partial charge in [-0.2, -0.15) is 0 Å². The van der Waals surface area contributed by atoms with Crippen molar-refractivity contribution in [1.29, 1.82) is 0 Å². The first-order valence-electron chi connectivity index (χ1n) is 4.99. The summed E-state index contributed by atoms with van der Waals surface area (Å²) in [7, 11) is 3.45. The van der Waals surface area contributed by atoms with Crippen molar-refractivity contribution in [3.05, 3.63) is 0 Å². The zero-order chi connectivity index (χ0) is 11.3. The quantitative estimate of drug-likeness (QED) is 0.340. The predicted molar refractivity (Wildman–Crippen MR) is 55.0 cm³/mol. The maximum Gasteiger partial charge on any atom is 0.253 e. The Balaban J connectivity index is 2.56. The Morgan fingerprint density at radius 1 is 1.80 bits per heavy atom. The van der Waals surface area contributed by atoms with E-state index in [1.807, 2.05) is 11.9 Å². The number of carbonyl (C=O) groups excluding carboxylic acids is 1. The third-order valence-corrected chi connectivity index (χ3v) is 2.74. The highest BCUT2D eigenvalue weighted by Gasteiger charge is 2.30. The van der Waals surface area contributed by atoms with Gasteiger partial charge in [0.15, 0.2) is 0 Å². The van der Waals surface area contributed by atoms with Crippen LogP contribution in [0.15, 0.2) is 0 Å². The van der Waals surface area contributed by atoms with Crippen LogP contribution in [0.4, 0.5) is 0 Å². The van der Waals surface area contributed by atoms with Crippen molar-refractivity contribution in [1.82, 2.24) is 10.3 Å². The van der Waals surface area contributed by atoms with Crippen LogP contribution in [-0.2, 0) is 14.3 Å². The molecule has 1 amide bonds. The fourth-order valence-corrected chi connectivity index (χ4v) is 1.73. The number of amides is 1. The summed E-state index contributed by atoms with van der Waals surface area (Å²) in [6.07, 6.45) is 0.939. The molecule has 6 nitrogen and oxygen atoms in total. The van der Waals surface area contributed by atoms with Crippen LogP contribution in [0.25, 0.3) is 0 Å². The third kappa shape index (κ3) is 3.13. The molecule has 3 N–H and O–H groups in total. The van der Waals surface area contributed by atoms with Crippen LogP contribution in [0.3, 0.4) is 0 Å². The Labute approximate surface area is 89.7 Å². The Morgan fingerprint density at radius 3 is 3.00 bits per heavy atom. The number of ether oxygens (including phenoxy) is 2. The number of nitrogens with one attached hydrogen (secondary N) is 1. The highest BCUT2D eigenvalue weighted by molar-refractivity contribution is 5.81. The molecule has 0 aromatic carbocycles. The van der Waals surface area contributed by atoms with Gasteiger partial charge in [0.05, 0.1) is 13.2 Å². The number of hydrazine groups is 1. The zero-order valence-corrected chi connectivity index (χ0v) is 9.23. The molecule has 1 fully saturated rings. The van der Waals surface area contributed by atoms with Gasteiger partial charge in [-0.1, -0.05) is 0 Å². The van der Waals surface area contributed by atoms with Crippen LogP contribution in [0.5, 0.6) is 0 Å². The molecular weight excluding hydrogens is 198 g/mol. The van der Waals surface area contributed by atoms with E-state index < -0.39 is 0 Å². The second-order valence-electron chi connectivity index (χ2n) is 3.66. The van der Waals surface area contributed by atoms with E-state index in [1.165, 1.54) is 0 Å². The Morgan fingerprint density at radius 2 is 2.53 bits per heavy atom. The summed E-state index contributed by atoms with van der Waals surface area (Å²) in [6, 6.07) is -0.0888. The highest BCUT2D eigenvalue weighted by Crippen LogP contribution is 2.13. The fourth-order valence-electron chi connectivity index (χ4n) is 1.73. The third-order valence-electron chi connectivity index (χ3n) is 2.74. The number of likely N-dealkylation sites (N-methyl/N-ethyl adjacent to an activating group) is 1. The number of carbonyl (C=O) groups is 1. The van der Waals surface area contributed by atoms with Crippen molar-refractivity contribution in [3.63, 3.8) is 0 Å². The van der Waals surface area contributed by atoms with E-state index in [0.717, 1.165) is 13.0 Å². The van der Waals surface area contributed by atoms with Gasteiger partial charge in [-0.15, -0.1) is 0 Å². The van der Waals surface area contributed by atoms with Crippen LogP contribution in [0.1, 0.15) is 6.42 Å². The van der Waals surface area contributed by atoms with Crippen molar-refractivity contribution < 1.29 is 14.3 Å². The average molecular weight is 217 g/mol. The van der Waals surface area contributed by atoms with Crippen molar-refractivity contribution in [2.75, 3.05) is 34.0 Å². The molecule has 2 unspecified atom stereocenters. The van der Waals surface area contributed by atoms with E-state index >= 15 is 0 Å². The number of nitrogens with two attached hydrogens (primary N) is 1. The van der Waals surface area contributed by atoms with E-state index in [4.69, 9.17) is 15.3 Å². The lowest BCUT2D eigenvalue weighted by Gasteiger charge is -2.30. The second kappa shape index (κ2) is 6.02. The van der Waals surface area contributed by atoms with E-state index in [1.54, 1.807) is 7.11 Å². The van der Waals surface area contributed by atoms with Gasteiger partial charge in [0, 0.05) is 19.8 Å². The highest BCUT2D eigenvalue weighted by atomic mass is 16.5. The summed E-state index contributed by atoms with van der Waals surface area (Å²) in [4.78, 5) is 13.5. The van der Waals surface area contributed by atoms with Crippen molar-refractivity contribution >= 4 is 5.91 Å². The van der Waals surface area contributed by atoms with Crippen molar-refractivity contribution in [3.8, 4) is 0 Å². The zero-order valence-electron chi connectivity index (χ0n) is 9.23. The number of rotatable bonds is 5. The molecule has 0 saturated carbocycles. The first-order chi connectivity index (χ1) is 7.20. The molecule has 0 radical (unpaired) electrons. The molecule has 1 saturated heterocycles. The van der Waals surface area contributed by atoms with Crippen molar-refractivity contribution in [2.24, 2.45) is 5.84 Å². The molecule has 0 aromatic rings. The minimum Gasteiger partial charge on any atom is -0.383 e. The van der Waals surface area contributed by atoms with Gasteiger partial charge < -0.3 is 9.47 Å². The minimum atomic E-state index is -0.355. The van der Waals surface area contributed by atoms with Crippen LogP contribution in [0.2, 0.25) is 0 Å². The molecule has 1 rings (SSSR count). The first-order valence-corrected chi connectivity index (χ1v) is 4.99. The second-order valence-corrected chi connectivity index (χ2v) is 3.66. The molecule has 1 aliphatic heterocycles. The summed E-state index contributed by atoms with van der Waals surface area (Å²) in [6.45, 7) is 1.74. The van der Waals surface area contributed by atoms with Gasteiger partial charge in [0.1, 0.15) is 6.04 Å².